The molecule has 3 heteroatoms. The van der Waals surface area contributed by atoms with Crippen LogP contribution in [0, 0.1) is 0 Å². The predicted octanol–water partition coefficient (Wildman–Crippen LogP) is 3.74. The molecule has 0 saturated carbocycles. The minimum atomic E-state index is 0.160. The summed E-state index contributed by atoms with van der Waals surface area (Å²) in [6.07, 6.45) is 4.02. The van der Waals surface area contributed by atoms with Crippen LogP contribution < -0.4 is 4.74 Å². The number of hydrogen-bond acceptors (Lipinski definition) is 3. The minimum absolute atomic E-state index is 0.160. The normalized spacial score (nSPS) is 10.2. The van der Waals surface area contributed by atoms with Gasteiger partial charge in [0.25, 0.3) is 0 Å². The number of Topliss-reactive ketones (excluding diaryl/α,β-unsaturated/α-hetero) is 1. The maximum absolute atomic E-state index is 11.6. The third kappa shape index (κ3) is 3.19. The Bertz CT molecular complexity index is 561. The first kappa shape index (κ1) is 13.3. The Kier molecular flexibility index (Phi) is 4.29. The van der Waals surface area contributed by atoms with Crippen LogP contribution in [-0.4, -0.2) is 17.4 Å². The second kappa shape index (κ2) is 6.14. The van der Waals surface area contributed by atoms with Gasteiger partial charge in [-0.25, -0.2) is 0 Å². The van der Waals surface area contributed by atoms with Crippen molar-refractivity contribution in [3.05, 3.63) is 48.3 Å². The van der Waals surface area contributed by atoms with Gasteiger partial charge >= 0.3 is 0 Å². The molecule has 0 N–H and O–H groups in total. The molecule has 0 amide bonds. The first-order valence-electron chi connectivity index (χ1n) is 6.46. The number of hydrogen-bond donors (Lipinski definition) is 0. The van der Waals surface area contributed by atoms with Crippen LogP contribution in [0.1, 0.15) is 30.6 Å². The summed E-state index contributed by atoms with van der Waals surface area (Å²) in [5.74, 6) is 0.918. The maximum atomic E-state index is 11.6. The van der Waals surface area contributed by atoms with Gasteiger partial charge in [-0.3, -0.25) is 9.78 Å². The number of carbonyl (C=O) groups is 1. The SMILES string of the molecule is CCOc1cncc(-c2ccc(C(=O)CC)cc2)c1. The smallest absolute Gasteiger partial charge is 0.162 e. The lowest BCUT2D eigenvalue weighted by molar-refractivity contribution is 0.0988. The summed E-state index contributed by atoms with van der Waals surface area (Å²) in [5, 5.41) is 0. The molecule has 0 spiro atoms. The molecular formula is C16H17NO2. The Hall–Kier alpha value is -2.16. The second-order valence-corrected chi connectivity index (χ2v) is 4.20. The summed E-state index contributed by atoms with van der Waals surface area (Å²) in [7, 11) is 0. The molecule has 1 aromatic carbocycles. The Morgan fingerprint density at radius 1 is 1.11 bits per heavy atom. The Morgan fingerprint density at radius 3 is 2.47 bits per heavy atom. The van der Waals surface area contributed by atoms with Gasteiger partial charge in [0.05, 0.1) is 12.8 Å². The molecule has 3 nitrogen and oxygen atoms in total. The molecule has 2 rings (SSSR count). The third-order valence-corrected chi connectivity index (χ3v) is 2.89. The maximum Gasteiger partial charge on any atom is 0.162 e. The minimum Gasteiger partial charge on any atom is -0.492 e. The highest BCUT2D eigenvalue weighted by atomic mass is 16.5. The molecule has 0 aliphatic rings. The van der Waals surface area contributed by atoms with Gasteiger partial charge in [-0.2, -0.15) is 0 Å². The fourth-order valence-electron chi connectivity index (χ4n) is 1.87. The van der Waals surface area contributed by atoms with Crippen LogP contribution in [0.5, 0.6) is 5.75 Å². The summed E-state index contributed by atoms with van der Waals surface area (Å²) in [5.41, 5.74) is 2.77. The zero-order valence-electron chi connectivity index (χ0n) is 11.2. The van der Waals surface area contributed by atoms with E-state index in [2.05, 4.69) is 4.98 Å². The van der Waals surface area contributed by atoms with Crippen LogP contribution in [0.15, 0.2) is 42.7 Å². The number of carbonyl (C=O) groups excluding carboxylic acids is 1. The zero-order chi connectivity index (χ0) is 13.7. The number of nitrogens with zero attached hydrogens (tertiary/aromatic N) is 1. The van der Waals surface area contributed by atoms with Crippen molar-refractivity contribution >= 4 is 5.78 Å². The van der Waals surface area contributed by atoms with Crippen molar-refractivity contribution < 1.29 is 9.53 Å². The molecule has 0 aliphatic heterocycles. The first-order chi connectivity index (χ1) is 9.24. The van der Waals surface area contributed by atoms with E-state index in [1.54, 1.807) is 12.4 Å². The van der Waals surface area contributed by atoms with Gasteiger partial charge < -0.3 is 4.74 Å². The lowest BCUT2D eigenvalue weighted by Crippen LogP contribution is -1.96. The van der Waals surface area contributed by atoms with Crippen molar-refractivity contribution in [3.63, 3.8) is 0 Å². The number of benzene rings is 1. The number of ether oxygens (including phenoxy) is 1. The van der Waals surface area contributed by atoms with E-state index in [4.69, 9.17) is 4.74 Å². The van der Waals surface area contributed by atoms with Crippen LogP contribution >= 0.6 is 0 Å². The predicted molar refractivity (Wildman–Crippen MR) is 75.5 cm³/mol. The van der Waals surface area contributed by atoms with Crippen molar-refractivity contribution in [1.82, 2.24) is 4.98 Å². The van der Waals surface area contributed by atoms with Crippen LogP contribution in [0.25, 0.3) is 11.1 Å². The molecule has 0 fully saturated rings. The number of rotatable bonds is 5. The Morgan fingerprint density at radius 2 is 1.84 bits per heavy atom. The van der Waals surface area contributed by atoms with Crippen molar-refractivity contribution in [2.24, 2.45) is 0 Å². The molecule has 0 radical (unpaired) electrons. The molecule has 0 aliphatic carbocycles. The number of aromatic nitrogens is 1. The molecule has 0 saturated heterocycles. The van der Waals surface area contributed by atoms with E-state index in [0.717, 1.165) is 22.4 Å². The zero-order valence-corrected chi connectivity index (χ0v) is 11.2. The lowest BCUT2D eigenvalue weighted by Gasteiger charge is -2.06. The average Bonchev–Trinajstić information content (AvgIpc) is 2.47. The summed E-state index contributed by atoms with van der Waals surface area (Å²) in [6.45, 7) is 4.43. The van der Waals surface area contributed by atoms with Gasteiger partial charge in [-0.1, -0.05) is 31.2 Å². The van der Waals surface area contributed by atoms with Gasteiger partial charge in [-0.15, -0.1) is 0 Å². The van der Waals surface area contributed by atoms with Gasteiger partial charge in [0.15, 0.2) is 5.78 Å². The fraction of sp³-hybridized carbons (Fsp3) is 0.250. The van der Waals surface area contributed by atoms with E-state index in [1.165, 1.54) is 0 Å². The molecular weight excluding hydrogens is 238 g/mol. The van der Waals surface area contributed by atoms with Crippen LogP contribution in [0.4, 0.5) is 0 Å². The van der Waals surface area contributed by atoms with E-state index >= 15 is 0 Å². The monoisotopic (exact) mass is 255 g/mol. The van der Waals surface area contributed by atoms with Crippen molar-refractivity contribution in [2.45, 2.75) is 20.3 Å². The average molecular weight is 255 g/mol. The van der Waals surface area contributed by atoms with Gasteiger partial charge in [0.1, 0.15) is 5.75 Å². The van der Waals surface area contributed by atoms with E-state index < -0.39 is 0 Å². The molecule has 19 heavy (non-hydrogen) atoms. The van der Waals surface area contributed by atoms with Crippen LogP contribution in [-0.2, 0) is 0 Å². The highest BCUT2D eigenvalue weighted by Crippen LogP contribution is 2.23. The topological polar surface area (TPSA) is 39.2 Å². The molecule has 0 atom stereocenters. The Labute approximate surface area is 113 Å². The third-order valence-electron chi connectivity index (χ3n) is 2.89. The largest absolute Gasteiger partial charge is 0.492 e. The van der Waals surface area contributed by atoms with Gasteiger partial charge in [0.2, 0.25) is 0 Å². The van der Waals surface area contributed by atoms with Crippen molar-refractivity contribution in [3.8, 4) is 16.9 Å². The summed E-state index contributed by atoms with van der Waals surface area (Å²) >= 11 is 0. The van der Waals surface area contributed by atoms with E-state index in [1.807, 2.05) is 44.2 Å². The van der Waals surface area contributed by atoms with Crippen molar-refractivity contribution in [2.75, 3.05) is 6.61 Å². The van der Waals surface area contributed by atoms with Crippen LogP contribution in [0.3, 0.4) is 0 Å². The molecule has 0 unspecified atom stereocenters. The molecule has 1 aromatic heterocycles. The molecule has 0 bridgehead atoms. The highest BCUT2D eigenvalue weighted by Gasteiger charge is 2.04. The molecule has 2 aromatic rings. The van der Waals surface area contributed by atoms with E-state index in [9.17, 15) is 4.79 Å². The molecule has 98 valence electrons. The summed E-state index contributed by atoms with van der Waals surface area (Å²) < 4.78 is 5.43. The van der Waals surface area contributed by atoms with E-state index in [0.29, 0.717) is 13.0 Å². The van der Waals surface area contributed by atoms with E-state index in [-0.39, 0.29) is 5.78 Å². The highest BCUT2D eigenvalue weighted by molar-refractivity contribution is 5.96. The first-order valence-corrected chi connectivity index (χ1v) is 6.46. The summed E-state index contributed by atoms with van der Waals surface area (Å²) in [6, 6.07) is 9.54. The summed E-state index contributed by atoms with van der Waals surface area (Å²) in [4.78, 5) is 15.7. The van der Waals surface area contributed by atoms with Crippen molar-refractivity contribution in [1.29, 1.82) is 0 Å². The van der Waals surface area contributed by atoms with Crippen LogP contribution in [0.2, 0.25) is 0 Å². The lowest BCUT2D eigenvalue weighted by atomic mass is 10.0. The number of pyridine rings is 1. The fourth-order valence-corrected chi connectivity index (χ4v) is 1.87. The standard InChI is InChI=1S/C16H17NO2/c1-3-16(18)13-7-5-12(6-8-13)14-9-15(19-4-2)11-17-10-14/h5-11H,3-4H2,1-2H3. The number of ketones is 1. The van der Waals surface area contributed by atoms with Gasteiger partial charge in [-0.05, 0) is 18.6 Å². The quantitative estimate of drug-likeness (QED) is 0.764. The Balaban J connectivity index is 2.26. The second-order valence-electron chi connectivity index (χ2n) is 4.20. The molecule has 1 heterocycles. The van der Waals surface area contributed by atoms with Gasteiger partial charge in [0, 0.05) is 23.7 Å².